The monoisotopic (exact) mass is 412 g/mol. The van der Waals surface area contributed by atoms with Crippen molar-refractivity contribution in [3.05, 3.63) is 41.4 Å². The van der Waals surface area contributed by atoms with Crippen LogP contribution < -0.4 is 10.6 Å². The Morgan fingerprint density at radius 2 is 1.75 bits per heavy atom. The number of anilines is 1. The van der Waals surface area contributed by atoms with Gasteiger partial charge in [-0.1, -0.05) is 6.07 Å². The summed E-state index contributed by atoms with van der Waals surface area (Å²) in [6.07, 6.45) is 4.03. The second-order valence-corrected chi connectivity index (χ2v) is 11.0. The van der Waals surface area contributed by atoms with E-state index in [0.29, 0.717) is 6.04 Å². The van der Waals surface area contributed by atoms with Crippen molar-refractivity contribution in [2.24, 2.45) is 0 Å². The maximum atomic E-state index is 4.90. The smallest absolute Gasteiger partial charge is 0.223 e. The summed E-state index contributed by atoms with van der Waals surface area (Å²) in [6, 6.07) is 8.99. The molecule has 0 aliphatic carbocycles. The molecular weight excluding hydrogens is 384 g/mol. The van der Waals surface area contributed by atoms with Crippen LogP contribution in [0.3, 0.4) is 0 Å². The highest BCUT2D eigenvalue weighted by Gasteiger charge is 2.37. The highest BCUT2D eigenvalue weighted by atomic mass is 32.1. The Hall–Kier alpha value is -1.76. The number of aromatic nitrogens is 2. The molecule has 3 aromatic heterocycles. The Morgan fingerprint density at radius 1 is 1.04 bits per heavy atom. The van der Waals surface area contributed by atoms with Crippen LogP contribution in [0.2, 0.25) is 0 Å². The van der Waals surface area contributed by atoms with E-state index >= 15 is 0 Å². The van der Waals surface area contributed by atoms with Crippen molar-refractivity contribution < 1.29 is 0 Å². The molecule has 0 unspecified atom stereocenters. The third-order valence-electron chi connectivity index (χ3n) is 5.10. The molecule has 148 valence electrons. The van der Waals surface area contributed by atoms with Gasteiger partial charge in [0.15, 0.2) is 0 Å². The van der Waals surface area contributed by atoms with E-state index in [2.05, 4.69) is 79.9 Å². The van der Waals surface area contributed by atoms with Crippen LogP contribution in [0, 0.1) is 6.92 Å². The van der Waals surface area contributed by atoms with Gasteiger partial charge in [-0.3, -0.25) is 0 Å². The lowest BCUT2D eigenvalue weighted by atomic mass is 9.80. The van der Waals surface area contributed by atoms with Crippen LogP contribution >= 0.6 is 22.7 Å². The van der Waals surface area contributed by atoms with E-state index in [4.69, 9.17) is 4.98 Å². The van der Waals surface area contributed by atoms with Crippen molar-refractivity contribution in [2.45, 2.75) is 64.6 Å². The molecule has 0 atom stereocenters. The number of hydrogen-bond donors (Lipinski definition) is 2. The molecule has 0 saturated carbocycles. The Bertz CT molecular complexity index is 941. The number of piperidine rings is 1. The molecule has 0 aromatic carbocycles. The molecule has 28 heavy (non-hydrogen) atoms. The summed E-state index contributed by atoms with van der Waals surface area (Å²) in [5.41, 5.74) is 2.32. The zero-order chi connectivity index (χ0) is 19.9. The number of nitrogens with one attached hydrogen (secondary N) is 2. The van der Waals surface area contributed by atoms with Crippen molar-refractivity contribution in [3.8, 4) is 20.3 Å². The van der Waals surface area contributed by atoms with Crippen LogP contribution in [0.5, 0.6) is 0 Å². The predicted octanol–water partition coefficient (Wildman–Crippen LogP) is 5.96. The molecular formula is C22H28N4S2. The topological polar surface area (TPSA) is 49.8 Å². The first-order valence-electron chi connectivity index (χ1n) is 9.74. The fourth-order valence-corrected chi connectivity index (χ4v) is 6.28. The minimum absolute atomic E-state index is 0.0936. The normalized spacial score (nSPS) is 18.9. The van der Waals surface area contributed by atoms with Crippen LogP contribution in [0.15, 0.2) is 35.8 Å². The van der Waals surface area contributed by atoms with Crippen molar-refractivity contribution in [2.75, 3.05) is 5.32 Å². The molecule has 1 saturated heterocycles. The Kier molecular flexibility index (Phi) is 5.06. The predicted molar refractivity (Wildman–Crippen MR) is 121 cm³/mol. The second-order valence-electron chi connectivity index (χ2n) is 9.01. The Balaban J connectivity index is 1.58. The summed E-state index contributed by atoms with van der Waals surface area (Å²) < 4.78 is 0. The van der Waals surface area contributed by atoms with Crippen molar-refractivity contribution >= 4 is 28.6 Å². The second kappa shape index (κ2) is 7.25. The third kappa shape index (κ3) is 4.29. The van der Waals surface area contributed by atoms with Crippen LogP contribution in [-0.2, 0) is 0 Å². The fourth-order valence-electron chi connectivity index (χ4n) is 4.38. The molecule has 3 aromatic rings. The van der Waals surface area contributed by atoms with Crippen molar-refractivity contribution in [1.82, 2.24) is 15.3 Å². The van der Waals surface area contributed by atoms with Gasteiger partial charge in [0, 0.05) is 33.1 Å². The van der Waals surface area contributed by atoms with Gasteiger partial charge in [0.2, 0.25) is 5.95 Å². The molecule has 4 rings (SSSR count). The maximum absolute atomic E-state index is 4.90. The Labute approximate surface area is 175 Å². The van der Waals surface area contributed by atoms with E-state index in [1.807, 2.05) is 6.20 Å². The molecule has 6 heteroatoms. The largest absolute Gasteiger partial charge is 0.351 e. The maximum Gasteiger partial charge on any atom is 0.223 e. The van der Waals surface area contributed by atoms with E-state index in [-0.39, 0.29) is 11.1 Å². The molecule has 0 spiro atoms. The van der Waals surface area contributed by atoms with Crippen molar-refractivity contribution in [3.63, 3.8) is 0 Å². The number of aryl methyl sites for hydroxylation is 1. The average Bonchev–Trinajstić information content (AvgIpc) is 3.24. The van der Waals surface area contributed by atoms with Gasteiger partial charge in [0.05, 0.1) is 10.6 Å². The van der Waals surface area contributed by atoms with Crippen LogP contribution in [0.1, 0.15) is 46.1 Å². The first kappa shape index (κ1) is 19.6. The highest BCUT2D eigenvalue weighted by Crippen LogP contribution is 2.37. The lowest BCUT2D eigenvalue weighted by Gasteiger charge is -2.46. The van der Waals surface area contributed by atoms with E-state index in [9.17, 15) is 0 Å². The van der Waals surface area contributed by atoms with Gasteiger partial charge in [-0.05, 0) is 76.6 Å². The molecule has 2 N–H and O–H groups in total. The number of thiophene rings is 2. The van der Waals surface area contributed by atoms with Gasteiger partial charge in [-0.15, -0.1) is 22.7 Å². The first-order valence-corrected chi connectivity index (χ1v) is 11.4. The molecule has 0 radical (unpaired) electrons. The van der Waals surface area contributed by atoms with Gasteiger partial charge in [0.25, 0.3) is 0 Å². The summed E-state index contributed by atoms with van der Waals surface area (Å²) in [5, 5.41) is 9.46. The molecule has 1 aliphatic heterocycles. The molecule has 4 nitrogen and oxygen atoms in total. The lowest BCUT2D eigenvalue weighted by molar-refractivity contribution is 0.170. The fraction of sp³-hybridized carbons (Fsp3) is 0.455. The quantitative estimate of drug-likeness (QED) is 0.555. The Morgan fingerprint density at radius 3 is 2.43 bits per heavy atom. The highest BCUT2D eigenvalue weighted by molar-refractivity contribution is 7.23. The van der Waals surface area contributed by atoms with Crippen LogP contribution in [0.4, 0.5) is 5.95 Å². The SMILES string of the molecule is Cc1cnc(NC2CC(C)(C)NC(C)(C)C2)nc1-c1ccc(-c2cccs2)s1. The summed E-state index contributed by atoms with van der Waals surface area (Å²) in [6.45, 7) is 11.1. The van der Waals surface area contributed by atoms with Gasteiger partial charge in [-0.2, -0.15) is 0 Å². The zero-order valence-corrected chi connectivity index (χ0v) is 18.8. The summed E-state index contributed by atoms with van der Waals surface area (Å²) in [4.78, 5) is 13.3. The first-order chi connectivity index (χ1) is 13.2. The lowest BCUT2D eigenvalue weighted by Crippen LogP contribution is -2.60. The number of hydrogen-bond acceptors (Lipinski definition) is 6. The standard InChI is InChI=1S/C22H28N4S2/c1-14-13-23-20(24-15-11-21(2,3)26-22(4,5)12-15)25-19(14)18-9-8-17(28-18)16-7-6-10-27-16/h6-10,13,15,26H,11-12H2,1-5H3,(H,23,24,25). The van der Waals surface area contributed by atoms with Gasteiger partial charge in [-0.25, -0.2) is 9.97 Å². The summed E-state index contributed by atoms with van der Waals surface area (Å²) >= 11 is 3.57. The molecule has 4 heterocycles. The molecule has 0 bridgehead atoms. The molecule has 0 amide bonds. The van der Waals surface area contributed by atoms with E-state index in [1.54, 1.807) is 22.7 Å². The number of rotatable bonds is 4. The van der Waals surface area contributed by atoms with Crippen molar-refractivity contribution in [1.29, 1.82) is 0 Å². The average molecular weight is 413 g/mol. The van der Waals surface area contributed by atoms with Gasteiger partial charge in [0.1, 0.15) is 0 Å². The zero-order valence-electron chi connectivity index (χ0n) is 17.2. The summed E-state index contributed by atoms with van der Waals surface area (Å²) in [7, 11) is 0. The van der Waals surface area contributed by atoms with Crippen LogP contribution in [0.25, 0.3) is 20.3 Å². The van der Waals surface area contributed by atoms with Gasteiger partial charge >= 0.3 is 0 Å². The molecule has 1 fully saturated rings. The molecule has 1 aliphatic rings. The van der Waals surface area contributed by atoms with E-state index in [1.165, 1.54) is 14.6 Å². The van der Waals surface area contributed by atoms with E-state index < -0.39 is 0 Å². The third-order valence-corrected chi connectivity index (χ3v) is 7.26. The number of nitrogens with zero attached hydrogens (tertiary/aromatic N) is 2. The minimum atomic E-state index is 0.0936. The summed E-state index contributed by atoms with van der Waals surface area (Å²) in [5.74, 6) is 0.727. The minimum Gasteiger partial charge on any atom is -0.351 e. The van der Waals surface area contributed by atoms with E-state index in [0.717, 1.165) is 30.0 Å². The van der Waals surface area contributed by atoms with Gasteiger partial charge < -0.3 is 10.6 Å². The van der Waals surface area contributed by atoms with Crippen LogP contribution in [-0.4, -0.2) is 27.1 Å².